The number of hydrogen-bond donors (Lipinski definition) is 1. The van der Waals surface area contributed by atoms with E-state index in [0.717, 1.165) is 93.4 Å². The normalized spacial score (nSPS) is 17.4. The van der Waals surface area contributed by atoms with Crippen LogP contribution in [-0.2, 0) is 24.1 Å². The third-order valence-electron chi connectivity index (χ3n) is 8.42. The lowest BCUT2D eigenvalue weighted by Crippen LogP contribution is -2.32. The van der Waals surface area contributed by atoms with Gasteiger partial charge in [0.2, 0.25) is 0 Å². The first-order chi connectivity index (χ1) is 19.8. The summed E-state index contributed by atoms with van der Waals surface area (Å²) in [6.07, 6.45) is 3.52. The van der Waals surface area contributed by atoms with E-state index in [1.165, 1.54) is 11.3 Å². The van der Waals surface area contributed by atoms with Gasteiger partial charge in [0.05, 0.1) is 6.04 Å². The first-order valence-electron chi connectivity index (χ1n) is 14.5. The van der Waals surface area contributed by atoms with Crippen molar-refractivity contribution in [2.45, 2.75) is 65.0 Å². The number of fused-ring (bicyclic) bond motifs is 2. The minimum absolute atomic E-state index is 0.0133. The number of anilines is 3. The van der Waals surface area contributed by atoms with Crippen LogP contribution in [0.1, 0.15) is 68.0 Å². The van der Waals surface area contributed by atoms with Crippen LogP contribution in [0.3, 0.4) is 0 Å². The number of halogens is 2. The first-order valence-corrected chi connectivity index (χ1v) is 14.5. The molecule has 0 saturated carbocycles. The highest BCUT2D eigenvalue weighted by atomic mass is 19.3. The number of aryl methyl sites for hydroxylation is 1. The molecule has 2 aromatic heterocycles. The SMILES string of the molecule is C=C(C)Nc1ccc(-c2cc3c(cc2C(F)F)N(c2nn(C4CCOCC4)c4c2CN(C(=C)C)CC4)CCC3)cn1. The van der Waals surface area contributed by atoms with Crippen molar-refractivity contribution in [3.63, 3.8) is 0 Å². The van der Waals surface area contributed by atoms with E-state index in [1.54, 1.807) is 18.3 Å². The summed E-state index contributed by atoms with van der Waals surface area (Å²) in [5, 5.41) is 8.31. The van der Waals surface area contributed by atoms with Gasteiger partial charge in [-0.1, -0.05) is 13.2 Å². The van der Waals surface area contributed by atoms with Crippen molar-refractivity contribution in [1.82, 2.24) is 19.7 Å². The second-order valence-corrected chi connectivity index (χ2v) is 11.4. The summed E-state index contributed by atoms with van der Waals surface area (Å²) in [4.78, 5) is 8.90. The van der Waals surface area contributed by atoms with Crippen molar-refractivity contribution < 1.29 is 13.5 Å². The number of nitrogens with one attached hydrogen (secondary N) is 1. The van der Waals surface area contributed by atoms with Crippen LogP contribution in [0.2, 0.25) is 0 Å². The third-order valence-corrected chi connectivity index (χ3v) is 8.42. The summed E-state index contributed by atoms with van der Waals surface area (Å²) in [6, 6.07) is 7.56. The number of alkyl halides is 2. The Balaban J connectivity index is 1.43. The van der Waals surface area contributed by atoms with Crippen LogP contribution in [0.4, 0.5) is 26.1 Å². The number of allylic oxidation sites excluding steroid dienone is 2. The van der Waals surface area contributed by atoms with Crippen LogP contribution >= 0.6 is 0 Å². The molecule has 1 saturated heterocycles. The second kappa shape index (κ2) is 11.3. The molecule has 3 aliphatic rings. The summed E-state index contributed by atoms with van der Waals surface area (Å²) in [5.41, 5.74) is 7.34. The zero-order valence-electron chi connectivity index (χ0n) is 23.9. The van der Waals surface area contributed by atoms with Crippen LogP contribution in [0.15, 0.2) is 55.0 Å². The topological polar surface area (TPSA) is 58.5 Å². The maximum absolute atomic E-state index is 14.6. The zero-order valence-corrected chi connectivity index (χ0v) is 23.9. The zero-order chi connectivity index (χ0) is 28.7. The molecule has 6 rings (SSSR count). The number of pyridine rings is 1. The molecule has 0 amide bonds. The molecule has 0 bridgehead atoms. The van der Waals surface area contributed by atoms with Crippen molar-refractivity contribution in [2.75, 3.05) is 36.5 Å². The van der Waals surface area contributed by atoms with Crippen LogP contribution in [0.5, 0.6) is 0 Å². The molecule has 1 fully saturated rings. The molecule has 7 nitrogen and oxygen atoms in total. The van der Waals surface area contributed by atoms with Crippen molar-refractivity contribution >= 4 is 17.3 Å². The third kappa shape index (κ3) is 5.35. The van der Waals surface area contributed by atoms with Gasteiger partial charge in [0.15, 0.2) is 5.82 Å². The molecule has 0 unspecified atom stereocenters. The molecule has 0 aliphatic carbocycles. The van der Waals surface area contributed by atoms with Crippen LogP contribution in [0.25, 0.3) is 11.1 Å². The van der Waals surface area contributed by atoms with Gasteiger partial charge in [-0.15, -0.1) is 0 Å². The Morgan fingerprint density at radius 1 is 1.10 bits per heavy atom. The van der Waals surface area contributed by atoms with E-state index in [2.05, 4.69) is 37.9 Å². The van der Waals surface area contributed by atoms with E-state index in [0.29, 0.717) is 23.0 Å². The highest BCUT2D eigenvalue weighted by molar-refractivity contribution is 5.77. The molecular formula is C32H38F2N6O. The fourth-order valence-electron chi connectivity index (χ4n) is 6.35. The van der Waals surface area contributed by atoms with Gasteiger partial charge in [-0.05, 0) is 74.9 Å². The van der Waals surface area contributed by atoms with E-state index >= 15 is 0 Å². The molecule has 216 valence electrons. The van der Waals surface area contributed by atoms with E-state index < -0.39 is 6.43 Å². The van der Waals surface area contributed by atoms with E-state index in [-0.39, 0.29) is 5.56 Å². The van der Waals surface area contributed by atoms with Gasteiger partial charge in [-0.25, -0.2) is 13.8 Å². The number of aromatic nitrogens is 3. The lowest BCUT2D eigenvalue weighted by atomic mass is 9.92. The molecule has 1 aromatic carbocycles. The summed E-state index contributed by atoms with van der Waals surface area (Å²) in [5.74, 6) is 1.53. The van der Waals surface area contributed by atoms with E-state index in [1.807, 2.05) is 26.0 Å². The fraction of sp³-hybridized carbons (Fsp3) is 0.438. The largest absolute Gasteiger partial charge is 0.381 e. The molecule has 0 atom stereocenters. The van der Waals surface area contributed by atoms with Gasteiger partial charge in [-0.3, -0.25) is 4.68 Å². The Morgan fingerprint density at radius 2 is 1.90 bits per heavy atom. The predicted octanol–water partition coefficient (Wildman–Crippen LogP) is 7.16. The van der Waals surface area contributed by atoms with Gasteiger partial charge in [0.1, 0.15) is 5.82 Å². The second-order valence-electron chi connectivity index (χ2n) is 11.4. The molecule has 41 heavy (non-hydrogen) atoms. The number of nitrogens with zero attached hydrogens (tertiary/aromatic N) is 5. The molecule has 1 N–H and O–H groups in total. The highest BCUT2D eigenvalue weighted by Gasteiger charge is 2.33. The summed E-state index contributed by atoms with van der Waals surface area (Å²) in [7, 11) is 0. The van der Waals surface area contributed by atoms with Crippen molar-refractivity contribution in [3.8, 4) is 11.1 Å². The smallest absolute Gasteiger partial charge is 0.264 e. The Kier molecular flexibility index (Phi) is 7.55. The van der Waals surface area contributed by atoms with Gasteiger partial charge in [0, 0.05) is 84.9 Å². The quantitative estimate of drug-likeness (QED) is 0.331. The molecule has 3 aliphatic heterocycles. The van der Waals surface area contributed by atoms with Crippen LogP contribution < -0.4 is 10.2 Å². The van der Waals surface area contributed by atoms with Crippen molar-refractivity contribution in [1.29, 1.82) is 0 Å². The average Bonchev–Trinajstić information content (AvgIpc) is 3.35. The Morgan fingerprint density at radius 3 is 2.59 bits per heavy atom. The van der Waals surface area contributed by atoms with E-state index in [4.69, 9.17) is 9.84 Å². The minimum atomic E-state index is -2.63. The van der Waals surface area contributed by atoms with Crippen molar-refractivity contribution in [2.24, 2.45) is 0 Å². The molecule has 0 spiro atoms. The standard InChI is InChI=1S/C32H38F2N6O/c1-20(2)36-30-8-7-23(18-35-30)25-16-22-6-5-12-39(29(22)17-26(25)31(33)34)32-27-19-38(21(3)4)13-9-28(27)40(37-32)24-10-14-41-15-11-24/h7-8,16-18,24,31H,1,3,5-6,9-15,19H2,2,4H3,(H,35,36). The van der Waals surface area contributed by atoms with Crippen molar-refractivity contribution in [3.05, 3.63) is 77.4 Å². The first kappa shape index (κ1) is 27.4. The summed E-state index contributed by atoms with van der Waals surface area (Å²) >= 11 is 0. The molecular weight excluding hydrogens is 522 g/mol. The number of ether oxygens (including phenoxy) is 1. The molecule has 3 aromatic rings. The van der Waals surface area contributed by atoms with Gasteiger partial charge >= 0.3 is 0 Å². The predicted molar refractivity (Wildman–Crippen MR) is 159 cm³/mol. The molecule has 5 heterocycles. The maximum Gasteiger partial charge on any atom is 0.264 e. The lowest BCUT2D eigenvalue weighted by molar-refractivity contribution is 0.0651. The van der Waals surface area contributed by atoms with Gasteiger partial charge < -0.3 is 19.9 Å². The lowest BCUT2D eigenvalue weighted by Gasteiger charge is -2.34. The average molecular weight is 561 g/mol. The summed E-state index contributed by atoms with van der Waals surface area (Å²) < 4.78 is 37.1. The van der Waals surface area contributed by atoms with Crippen LogP contribution in [-0.4, -0.2) is 46.0 Å². The maximum atomic E-state index is 14.6. The van der Waals surface area contributed by atoms with Gasteiger partial charge in [-0.2, -0.15) is 5.10 Å². The van der Waals surface area contributed by atoms with Gasteiger partial charge in [0.25, 0.3) is 6.43 Å². The number of hydrogen-bond acceptors (Lipinski definition) is 6. The molecule has 0 radical (unpaired) electrons. The summed E-state index contributed by atoms with van der Waals surface area (Å²) in [6.45, 7) is 15.8. The number of benzene rings is 1. The Labute approximate surface area is 240 Å². The Bertz CT molecular complexity index is 1460. The highest BCUT2D eigenvalue weighted by Crippen LogP contribution is 2.43. The van der Waals surface area contributed by atoms with Crippen LogP contribution in [0, 0.1) is 0 Å². The minimum Gasteiger partial charge on any atom is -0.381 e. The fourth-order valence-corrected chi connectivity index (χ4v) is 6.35. The van der Waals surface area contributed by atoms with E-state index in [9.17, 15) is 8.78 Å². The molecule has 9 heteroatoms. The monoisotopic (exact) mass is 560 g/mol. The Hall–Kier alpha value is -3.72. The number of rotatable bonds is 7.